The normalized spacial score (nSPS) is 11.6. The molecule has 14 heavy (non-hydrogen) atoms. The van der Waals surface area contributed by atoms with Gasteiger partial charge in [0.25, 0.3) is 0 Å². The molecule has 0 fully saturated rings. The Kier molecular flexibility index (Phi) is 9.29. The molecule has 0 radical (unpaired) electrons. The molecular formula is C10H26N4. The summed E-state index contributed by atoms with van der Waals surface area (Å²) in [6, 6.07) is 0. The van der Waals surface area contributed by atoms with Gasteiger partial charge in [-0.3, -0.25) is 10.9 Å². The second kappa shape index (κ2) is 9.40. The van der Waals surface area contributed by atoms with Crippen LogP contribution in [0.25, 0.3) is 0 Å². The zero-order valence-electron chi connectivity index (χ0n) is 10.1. The molecule has 0 heterocycles. The summed E-state index contributed by atoms with van der Waals surface area (Å²) in [6.45, 7) is 7.83. The highest BCUT2D eigenvalue weighted by Gasteiger charge is 1.99. The van der Waals surface area contributed by atoms with Gasteiger partial charge >= 0.3 is 0 Å². The molecule has 0 bridgehead atoms. The Labute approximate surface area is 88.6 Å². The lowest BCUT2D eigenvalue weighted by atomic mass is 10.4. The molecule has 0 atom stereocenters. The first kappa shape index (κ1) is 13.8. The molecule has 0 aliphatic heterocycles. The van der Waals surface area contributed by atoms with Crippen LogP contribution in [0.4, 0.5) is 0 Å². The summed E-state index contributed by atoms with van der Waals surface area (Å²) in [7, 11) is 6.25. The number of hydrogen-bond donors (Lipinski definition) is 2. The third-order valence-electron chi connectivity index (χ3n) is 2.42. The van der Waals surface area contributed by atoms with Gasteiger partial charge in [0.05, 0.1) is 0 Å². The Morgan fingerprint density at radius 1 is 1.00 bits per heavy atom. The summed E-state index contributed by atoms with van der Waals surface area (Å²) in [5.41, 5.74) is 6.02. The quantitative estimate of drug-likeness (QED) is 0.406. The maximum atomic E-state index is 3.09. The van der Waals surface area contributed by atoms with Crippen molar-refractivity contribution in [2.75, 3.05) is 53.9 Å². The van der Waals surface area contributed by atoms with Crippen molar-refractivity contribution >= 4 is 0 Å². The van der Waals surface area contributed by atoms with Crippen molar-refractivity contribution < 1.29 is 0 Å². The Hall–Kier alpha value is -0.160. The lowest BCUT2D eigenvalue weighted by molar-refractivity contribution is 0.260. The van der Waals surface area contributed by atoms with E-state index in [1.807, 2.05) is 7.05 Å². The van der Waals surface area contributed by atoms with Crippen LogP contribution in [-0.2, 0) is 0 Å². The summed E-state index contributed by atoms with van der Waals surface area (Å²) >= 11 is 0. The van der Waals surface area contributed by atoms with E-state index < -0.39 is 0 Å². The van der Waals surface area contributed by atoms with Crippen molar-refractivity contribution in [2.45, 2.75) is 13.3 Å². The van der Waals surface area contributed by atoms with Gasteiger partial charge in [0.2, 0.25) is 0 Å². The molecule has 0 spiro atoms. The molecule has 4 heteroatoms. The molecule has 0 aliphatic rings. The van der Waals surface area contributed by atoms with Crippen molar-refractivity contribution in [1.29, 1.82) is 0 Å². The first-order valence-electron chi connectivity index (χ1n) is 5.47. The van der Waals surface area contributed by atoms with Gasteiger partial charge in [-0.25, -0.2) is 0 Å². The second-order valence-electron chi connectivity index (χ2n) is 3.73. The van der Waals surface area contributed by atoms with Crippen molar-refractivity contribution in [3.8, 4) is 0 Å². The largest absolute Gasteiger partial charge is 0.305 e. The number of nitrogens with one attached hydrogen (secondary N) is 2. The highest BCUT2D eigenvalue weighted by Crippen LogP contribution is 1.88. The van der Waals surface area contributed by atoms with E-state index in [9.17, 15) is 0 Å². The van der Waals surface area contributed by atoms with Gasteiger partial charge in [0, 0.05) is 19.6 Å². The van der Waals surface area contributed by atoms with Crippen LogP contribution in [0.5, 0.6) is 0 Å². The number of likely N-dealkylation sites (N-methyl/N-ethyl adjacent to an activating group) is 2. The zero-order chi connectivity index (χ0) is 10.8. The smallest absolute Gasteiger partial charge is 0.0112 e. The third kappa shape index (κ3) is 8.44. The first-order valence-corrected chi connectivity index (χ1v) is 5.47. The fourth-order valence-corrected chi connectivity index (χ4v) is 1.17. The van der Waals surface area contributed by atoms with Crippen LogP contribution >= 0.6 is 0 Å². The van der Waals surface area contributed by atoms with Gasteiger partial charge in [-0.2, -0.15) is 0 Å². The third-order valence-corrected chi connectivity index (χ3v) is 2.42. The van der Waals surface area contributed by atoms with E-state index in [0.29, 0.717) is 0 Å². The molecule has 0 amide bonds. The SMILES string of the molecule is CCN(C)CCN(C)CCCNNC. The highest BCUT2D eigenvalue weighted by molar-refractivity contribution is 4.56. The molecule has 0 aromatic carbocycles. The topological polar surface area (TPSA) is 30.5 Å². The number of hydrazine groups is 1. The van der Waals surface area contributed by atoms with Crippen molar-refractivity contribution in [2.24, 2.45) is 0 Å². The summed E-state index contributed by atoms with van der Waals surface area (Å²) in [5, 5.41) is 0. The average molecular weight is 202 g/mol. The monoisotopic (exact) mass is 202 g/mol. The zero-order valence-corrected chi connectivity index (χ0v) is 10.1. The van der Waals surface area contributed by atoms with Gasteiger partial charge in [0.1, 0.15) is 0 Å². The predicted octanol–water partition coefficient (Wildman–Crippen LogP) is -0.0160. The van der Waals surface area contributed by atoms with Crippen LogP contribution in [0.2, 0.25) is 0 Å². The van der Waals surface area contributed by atoms with Crippen LogP contribution in [0.1, 0.15) is 13.3 Å². The van der Waals surface area contributed by atoms with Crippen LogP contribution in [-0.4, -0.2) is 63.7 Å². The van der Waals surface area contributed by atoms with Crippen LogP contribution < -0.4 is 10.9 Å². The van der Waals surface area contributed by atoms with Crippen LogP contribution in [0, 0.1) is 0 Å². The van der Waals surface area contributed by atoms with E-state index in [1.54, 1.807) is 0 Å². The van der Waals surface area contributed by atoms with Crippen molar-refractivity contribution in [3.63, 3.8) is 0 Å². The molecule has 0 saturated heterocycles. The summed E-state index contributed by atoms with van der Waals surface area (Å²) in [4.78, 5) is 4.71. The molecule has 86 valence electrons. The molecule has 0 saturated carbocycles. The van der Waals surface area contributed by atoms with E-state index in [0.717, 1.165) is 32.7 Å². The fraction of sp³-hybridized carbons (Fsp3) is 1.00. The predicted molar refractivity (Wildman–Crippen MR) is 62.3 cm³/mol. The Bertz CT molecular complexity index is 119. The molecule has 0 aliphatic carbocycles. The number of hydrogen-bond acceptors (Lipinski definition) is 4. The van der Waals surface area contributed by atoms with Gasteiger partial charge < -0.3 is 9.80 Å². The van der Waals surface area contributed by atoms with Crippen molar-refractivity contribution in [1.82, 2.24) is 20.7 Å². The summed E-state index contributed by atoms with van der Waals surface area (Å²) in [6.07, 6.45) is 1.19. The van der Waals surface area contributed by atoms with E-state index in [1.165, 1.54) is 6.42 Å². The number of rotatable bonds is 9. The average Bonchev–Trinajstić information content (AvgIpc) is 2.21. The van der Waals surface area contributed by atoms with E-state index in [2.05, 4.69) is 41.7 Å². The molecule has 0 unspecified atom stereocenters. The maximum absolute atomic E-state index is 3.09. The summed E-state index contributed by atoms with van der Waals surface area (Å²) < 4.78 is 0. The minimum absolute atomic E-state index is 1.03. The first-order chi connectivity index (χ1) is 6.70. The van der Waals surface area contributed by atoms with Crippen LogP contribution in [0.3, 0.4) is 0 Å². The number of nitrogens with zero attached hydrogens (tertiary/aromatic N) is 2. The second-order valence-corrected chi connectivity index (χ2v) is 3.73. The summed E-state index contributed by atoms with van der Waals surface area (Å²) in [5.74, 6) is 0. The molecular weight excluding hydrogens is 176 g/mol. The molecule has 0 aromatic heterocycles. The fourth-order valence-electron chi connectivity index (χ4n) is 1.17. The minimum Gasteiger partial charge on any atom is -0.305 e. The maximum Gasteiger partial charge on any atom is 0.0112 e. The van der Waals surface area contributed by atoms with Gasteiger partial charge in [-0.05, 0) is 40.7 Å². The molecule has 0 rings (SSSR count). The molecule has 4 nitrogen and oxygen atoms in total. The Morgan fingerprint density at radius 2 is 1.64 bits per heavy atom. The molecule has 2 N–H and O–H groups in total. The lowest BCUT2D eigenvalue weighted by Gasteiger charge is -2.20. The van der Waals surface area contributed by atoms with Gasteiger partial charge in [-0.15, -0.1) is 0 Å². The van der Waals surface area contributed by atoms with E-state index in [-0.39, 0.29) is 0 Å². The lowest BCUT2D eigenvalue weighted by Crippen LogP contribution is -2.34. The Balaban J connectivity index is 3.23. The Morgan fingerprint density at radius 3 is 2.21 bits per heavy atom. The highest BCUT2D eigenvalue weighted by atomic mass is 15.3. The van der Waals surface area contributed by atoms with Gasteiger partial charge in [-0.1, -0.05) is 6.92 Å². The standard InChI is InChI=1S/C10H26N4/c1-5-13(3)9-10-14(4)8-6-7-12-11-2/h11-12H,5-10H2,1-4H3. The molecule has 0 aromatic rings. The minimum atomic E-state index is 1.03. The van der Waals surface area contributed by atoms with E-state index >= 15 is 0 Å². The van der Waals surface area contributed by atoms with Crippen LogP contribution in [0.15, 0.2) is 0 Å². The van der Waals surface area contributed by atoms with Crippen molar-refractivity contribution in [3.05, 3.63) is 0 Å². The van der Waals surface area contributed by atoms with E-state index in [4.69, 9.17) is 0 Å². The van der Waals surface area contributed by atoms with Gasteiger partial charge in [0.15, 0.2) is 0 Å².